The predicted octanol–water partition coefficient (Wildman–Crippen LogP) is 6.61. The Balaban J connectivity index is 1.24. The molecule has 0 unspecified atom stereocenters. The van der Waals surface area contributed by atoms with E-state index in [1.165, 1.54) is 21.5 Å². The molecule has 0 amide bonds. The van der Waals surface area contributed by atoms with Gasteiger partial charge in [-0.3, -0.25) is 4.98 Å². The number of rotatable bonds is 6. The number of fused-ring (bicyclic) bond motifs is 2. The van der Waals surface area contributed by atoms with Crippen molar-refractivity contribution in [2.75, 3.05) is 10.6 Å². The summed E-state index contributed by atoms with van der Waals surface area (Å²) in [4.78, 5) is 4.80. The van der Waals surface area contributed by atoms with Crippen LogP contribution in [0.1, 0.15) is 11.4 Å². The highest BCUT2D eigenvalue weighted by molar-refractivity contribution is 5.86. The second kappa shape index (κ2) is 8.26. The van der Waals surface area contributed by atoms with Crippen molar-refractivity contribution in [3.05, 3.63) is 115 Å². The van der Waals surface area contributed by atoms with Gasteiger partial charge in [-0.2, -0.15) is 0 Å². The number of nitrogens with zero attached hydrogens (tertiary/aromatic N) is 1. The number of anilines is 2. The van der Waals surface area contributed by atoms with Gasteiger partial charge in [0.1, 0.15) is 0 Å². The third-order valence-electron chi connectivity index (χ3n) is 5.31. The lowest BCUT2D eigenvalue weighted by atomic mass is 10.1. The van der Waals surface area contributed by atoms with Crippen LogP contribution in [0.5, 0.6) is 0 Å². The molecule has 3 heteroatoms. The second-order valence-corrected chi connectivity index (χ2v) is 7.45. The van der Waals surface area contributed by atoms with Gasteiger partial charge < -0.3 is 10.6 Å². The summed E-state index contributed by atoms with van der Waals surface area (Å²) in [6.45, 7) is 1.39. The third kappa shape index (κ3) is 4.11. The van der Waals surface area contributed by atoms with Gasteiger partial charge in [-0.15, -0.1) is 0 Å². The van der Waals surface area contributed by atoms with Gasteiger partial charge in [-0.05, 0) is 57.9 Å². The van der Waals surface area contributed by atoms with E-state index in [-0.39, 0.29) is 0 Å². The molecule has 0 aliphatic carbocycles. The molecule has 30 heavy (non-hydrogen) atoms. The number of aromatic nitrogens is 1. The molecular formula is C27H23N3. The zero-order valence-corrected chi connectivity index (χ0v) is 16.7. The predicted molar refractivity (Wildman–Crippen MR) is 127 cm³/mol. The van der Waals surface area contributed by atoms with Gasteiger partial charge in [-0.1, -0.05) is 66.7 Å². The zero-order chi connectivity index (χ0) is 20.2. The van der Waals surface area contributed by atoms with Crippen LogP contribution in [0, 0.1) is 0 Å². The van der Waals surface area contributed by atoms with Crippen LogP contribution in [0.2, 0.25) is 0 Å². The highest BCUT2D eigenvalue weighted by Gasteiger charge is 2.01. The highest BCUT2D eigenvalue weighted by Crippen LogP contribution is 2.20. The number of benzene rings is 4. The van der Waals surface area contributed by atoms with E-state index in [0.29, 0.717) is 13.1 Å². The van der Waals surface area contributed by atoms with Crippen molar-refractivity contribution >= 4 is 32.9 Å². The van der Waals surface area contributed by atoms with Crippen molar-refractivity contribution in [1.29, 1.82) is 0 Å². The maximum atomic E-state index is 4.80. The fraction of sp³-hybridized carbons (Fsp3) is 0.0741. The maximum absolute atomic E-state index is 4.80. The van der Waals surface area contributed by atoms with Gasteiger partial charge in [0.2, 0.25) is 0 Å². The average molecular weight is 390 g/mol. The number of pyridine rings is 1. The van der Waals surface area contributed by atoms with Gasteiger partial charge in [0.05, 0.1) is 24.5 Å². The van der Waals surface area contributed by atoms with Crippen LogP contribution in [0.15, 0.2) is 103 Å². The summed E-state index contributed by atoms with van der Waals surface area (Å²) in [5.74, 6) is 0. The lowest BCUT2D eigenvalue weighted by Crippen LogP contribution is -2.06. The lowest BCUT2D eigenvalue weighted by molar-refractivity contribution is 0.966. The Labute approximate surface area is 176 Å². The maximum Gasteiger partial charge on any atom is 0.0598 e. The first-order valence-electron chi connectivity index (χ1n) is 10.2. The molecular weight excluding hydrogens is 366 g/mol. The molecule has 4 aromatic carbocycles. The SMILES string of the molecule is c1cc(CNc2ccc3ccccc3c2)nc(CNc2ccc3ccccc3c2)c1. The Morgan fingerprint density at radius 1 is 0.467 bits per heavy atom. The molecule has 146 valence electrons. The minimum Gasteiger partial charge on any atom is -0.379 e. The minimum atomic E-state index is 0.697. The van der Waals surface area contributed by atoms with Crippen molar-refractivity contribution in [3.63, 3.8) is 0 Å². The Morgan fingerprint density at radius 2 is 0.933 bits per heavy atom. The van der Waals surface area contributed by atoms with Gasteiger partial charge in [-0.25, -0.2) is 0 Å². The van der Waals surface area contributed by atoms with Crippen LogP contribution >= 0.6 is 0 Å². The molecule has 0 fully saturated rings. The van der Waals surface area contributed by atoms with E-state index < -0.39 is 0 Å². The van der Waals surface area contributed by atoms with E-state index in [2.05, 4.69) is 114 Å². The average Bonchev–Trinajstić information content (AvgIpc) is 2.81. The minimum absolute atomic E-state index is 0.697. The van der Waals surface area contributed by atoms with Gasteiger partial charge in [0.25, 0.3) is 0 Å². The molecule has 0 aliphatic heterocycles. The first-order chi connectivity index (χ1) is 14.8. The first kappa shape index (κ1) is 18.2. The smallest absolute Gasteiger partial charge is 0.0598 e. The van der Waals surface area contributed by atoms with Crippen LogP contribution in [0.25, 0.3) is 21.5 Å². The fourth-order valence-electron chi connectivity index (χ4n) is 3.71. The quantitative estimate of drug-likeness (QED) is 0.343. The molecule has 3 nitrogen and oxygen atoms in total. The summed E-state index contributed by atoms with van der Waals surface area (Å²) >= 11 is 0. The summed E-state index contributed by atoms with van der Waals surface area (Å²) in [5.41, 5.74) is 4.27. The number of nitrogens with one attached hydrogen (secondary N) is 2. The molecule has 1 heterocycles. The summed E-state index contributed by atoms with van der Waals surface area (Å²) in [7, 11) is 0. The van der Waals surface area contributed by atoms with Crippen LogP contribution < -0.4 is 10.6 Å². The molecule has 0 bridgehead atoms. The Hall–Kier alpha value is -3.85. The Kier molecular flexibility index (Phi) is 5.01. The second-order valence-electron chi connectivity index (χ2n) is 7.45. The van der Waals surface area contributed by atoms with Crippen molar-refractivity contribution in [1.82, 2.24) is 4.98 Å². The molecule has 5 rings (SSSR count). The fourth-order valence-corrected chi connectivity index (χ4v) is 3.71. The molecule has 0 saturated carbocycles. The molecule has 0 radical (unpaired) electrons. The van der Waals surface area contributed by atoms with E-state index >= 15 is 0 Å². The molecule has 0 spiro atoms. The van der Waals surface area contributed by atoms with Crippen LogP contribution in [-0.2, 0) is 13.1 Å². The molecule has 2 N–H and O–H groups in total. The van der Waals surface area contributed by atoms with Gasteiger partial charge >= 0.3 is 0 Å². The van der Waals surface area contributed by atoms with Crippen molar-refractivity contribution in [2.45, 2.75) is 13.1 Å². The number of hydrogen-bond donors (Lipinski definition) is 2. The first-order valence-corrected chi connectivity index (χ1v) is 10.2. The number of hydrogen-bond acceptors (Lipinski definition) is 3. The summed E-state index contributed by atoms with van der Waals surface area (Å²) in [6.07, 6.45) is 0. The molecule has 1 aromatic heterocycles. The van der Waals surface area contributed by atoms with Crippen LogP contribution in [0.4, 0.5) is 11.4 Å². The summed E-state index contributed by atoms with van der Waals surface area (Å²) in [5, 5.41) is 12.0. The van der Waals surface area contributed by atoms with E-state index in [0.717, 1.165) is 22.8 Å². The molecule has 5 aromatic rings. The standard InChI is InChI=1S/C27H23N3/c1-3-8-22-16-24(14-12-20(22)6-1)28-18-26-10-5-11-27(30-26)19-29-25-15-13-21-7-2-4-9-23(21)17-25/h1-17,28-29H,18-19H2. The van der Waals surface area contributed by atoms with Crippen molar-refractivity contribution in [2.24, 2.45) is 0 Å². The molecule has 0 atom stereocenters. The largest absolute Gasteiger partial charge is 0.379 e. The summed E-state index contributed by atoms with van der Waals surface area (Å²) < 4.78 is 0. The monoisotopic (exact) mass is 389 g/mol. The Bertz CT molecular complexity index is 1210. The Morgan fingerprint density at radius 3 is 1.43 bits per heavy atom. The van der Waals surface area contributed by atoms with E-state index in [4.69, 9.17) is 4.98 Å². The normalized spacial score (nSPS) is 10.9. The van der Waals surface area contributed by atoms with Gasteiger partial charge in [0, 0.05) is 11.4 Å². The zero-order valence-electron chi connectivity index (χ0n) is 16.7. The van der Waals surface area contributed by atoms with Crippen molar-refractivity contribution in [3.8, 4) is 0 Å². The van der Waals surface area contributed by atoms with Crippen molar-refractivity contribution < 1.29 is 0 Å². The van der Waals surface area contributed by atoms with Gasteiger partial charge in [0.15, 0.2) is 0 Å². The molecule has 0 saturated heterocycles. The van der Waals surface area contributed by atoms with E-state index in [1.54, 1.807) is 0 Å². The van der Waals surface area contributed by atoms with E-state index in [1.807, 2.05) is 0 Å². The third-order valence-corrected chi connectivity index (χ3v) is 5.31. The topological polar surface area (TPSA) is 37.0 Å². The van der Waals surface area contributed by atoms with E-state index in [9.17, 15) is 0 Å². The lowest BCUT2D eigenvalue weighted by Gasteiger charge is -2.10. The van der Waals surface area contributed by atoms with Crippen LogP contribution in [-0.4, -0.2) is 4.98 Å². The highest BCUT2D eigenvalue weighted by atomic mass is 14.9. The molecule has 0 aliphatic rings. The summed E-state index contributed by atoms with van der Waals surface area (Å²) in [6, 6.07) is 35.9. The van der Waals surface area contributed by atoms with Crippen LogP contribution in [0.3, 0.4) is 0 Å².